The molecule has 1 atom stereocenters. The van der Waals surface area contributed by atoms with Gasteiger partial charge in [0.05, 0.1) is 5.92 Å². The average Bonchev–Trinajstić information content (AvgIpc) is 2.78. The van der Waals surface area contributed by atoms with E-state index in [1.807, 2.05) is 6.21 Å². The lowest BCUT2D eigenvalue weighted by atomic mass is 10.0. The van der Waals surface area contributed by atoms with E-state index >= 15 is 0 Å². The molecule has 0 amide bonds. The number of aryl methyl sites for hydroxylation is 1. The molecule has 0 aliphatic carbocycles. The predicted octanol–water partition coefficient (Wildman–Crippen LogP) is 2.70. The fraction of sp³-hybridized carbons (Fsp3) is 0.529. The van der Waals surface area contributed by atoms with Crippen molar-refractivity contribution in [2.24, 2.45) is 11.0 Å². The van der Waals surface area contributed by atoms with Gasteiger partial charge in [0.2, 0.25) is 6.21 Å². The van der Waals surface area contributed by atoms with E-state index in [1.165, 1.54) is 24.8 Å². The van der Waals surface area contributed by atoms with Crippen LogP contribution in [0.3, 0.4) is 0 Å². The Morgan fingerprint density at radius 3 is 2.70 bits per heavy atom. The molecule has 1 aliphatic rings. The van der Waals surface area contributed by atoms with Crippen molar-refractivity contribution in [3.05, 3.63) is 35.4 Å². The molecule has 1 aromatic carbocycles. The SMILES string of the molecule is CCCCCC[C@H]1C/[N+](=C/c2ccc(C)cc2)N=C1[O-]. The van der Waals surface area contributed by atoms with E-state index in [-0.39, 0.29) is 11.8 Å². The van der Waals surface area contributed by atoms with Crippen molar-refractivity contribution < 1.29 is 9.79 Å². The fourth-order valence-corrected chi connectivity index (χ4v) is 2.49. The molecule has 0 radical (unpaired) electrons. The molecule has 0 saturated carbocycles. The van der Waals surface area contributed by atoms with Crippen molar-refractivity contribution in [2.45, 2.75) is 46.0 Å². The van der Waals surface area contributed by atoms with Gasteiger partial charge in [0.1, 0.15) is 0 Å². The first kappa shape index (κ1) is 14.8. The molecule has 0 aromatic heterocycles. The molecule has 1 aliphatic heterocycles. The maximum absolute atomic E-state index is 11.9. The summed E-state index contributed by atoms with van der Waals surface area (Å²) >= 11 is 0. The van der Waals surface area contributed by atoms with E-state index in [0.29, 0.717) is 0 Å². The van der Waals surface area contributed by atoms with Crippen LogP contribution >= 0.6 is 0 Å². The monoisotopic (exact) mass is 272 g/mol. The quantitative estimate of drug-likeness (QED) is 0.579. The first-order valence-electron chi connectivity index (χ1n) is 7.62. The minimum absolute atomic E-state index is 0.0462. The van der Waals surface area contributed by atoms with Gasteiger partial charge < -0.3 is 5.11 Å². The van der Waals surface area contributed by atoms with Crippen LogP contribution in [0.15, 0.2) is 29.4 Å². The van der Waals surface area contributed by atoms with Crippen LogP contribution < -0.4 is 5.11 Å². The van der Waals surface area contributed by atoms with Crippen LogP contribution in [0.25, 0.3) is 0 Å². The smallest absolute Gasteiger partial charge is 0.203 e. The van der Waals surface area contributed by atoms with Crippen LogP contribution in [0.5, 0.6) is 0 Å². The highest BCUT2D eigenvalue weighted by molar-refractivity contribution is 5.78. The summed E-state index contributed by atoms with van der Waals surface area (Å²) in [5, 5.41) is 16.0. The van der Waals surface area contributed by atoms with E-state index in [0.717, 1.165) is 24.9 Å². The Morgan fingerprint density at radius 1 is 1.25 bits per heavy atom. The first-order valence-corrected chi connectivity index (χ1v) is 7.62. The fourth-order valence-electron chi connectivity index (χ4n) is 2.49. The van der Waals surface area contributed by atoms with Gasteiger partial charge in [-0.05, 0) is 30.6 Å². The molecule has 1 aromatic rings. The molecular weight excluding hydrogens is 248 g/mol. The van der Waals surface area contributed by atoms with Crippen LogP contribution in [-0.2, 0) is 0 Å². The number of rotatable bonds is 6. The maximum Gasteiger partial charge on any atom is 0.203 e. The number of hydrazone groups is 1. The molecule has 0 unspecified atom stereocenters. The number of nitrogens with zero attached hydrogens (tertiary/aromatic N) is 2. The Labute approximate surface area is 121 Å². The average molecular weight is 272 g/mol. The number of benzene rings is 1. The highest BCUT2D eigenvalue weighted by Crippen LogP contribution is 2.16. The number of unbranched alkanes of at least 4 members (excludes halogenated alkanes) is 3. The largest absolute Gasteiger partial charge is 0.857 e. The normalized spacial score (nSPS) is 20.4. The maximum atomic E-state index is 11.9. The van der Waals surface area contributed by atoms with Gasteiger partial charge in [0.25, 0.3) is 0 Å². The van der Waals surface area contributed by atoms with Gasteiger partial charge in [-0.25, -0.2) is 0 Å². The minimum atomic E-state index is 0.0462. The van der Waals surface area contributed by atoms with E-state index in [2.05, 4.69) is 43.2 Å². The summed E-state index contributed by atoms with van der Waals surface area (Å²) < 4.78 is 1.80. The third-order valence-corrected chi connectivity index (χ3v) is 3.77. The van der Waals surface area contributed by atoms with Gasteiger partial charge >= 0.3 is 0 Å². The Balaban J connectivity index is 1.91. The van der Waals surface area contributed by atoms with Crippen molar-refractivity contribution in [2.75, 3.05) is 6.54 Å². The Hall–Kier alpha value is -1.64. The highest BCUT2D eigenvalue weighted by atomic mass is 16.3. The molecule has 20 heavy (non-hydrogen) atoms. The van der Waals surface area contributed by atoms with Crippen molar-refractivity contribution in [1.29, 1.82) is 0 Å². The summed E-state index contributed by atoms with van der Waals surface area (Å²) in [6.45, 7) is 5.01. The van der Waals surface area contributed by atoms with Crippen LogP contribution in [0.4, 0.5) is 0 Å². The van der Waals surface area contributed by atoms with Gasteiger partial charge in [0.15, 0.2) is 6.54 Å². The van der Waals surface area contributed by atoms with Crippen LogP contribution in [0.2, 0.25) is 0 Å². The molecule has 0 spiro atoms. The van der Waals surface area contributed by atoms with Crippen LogP contribution in [0.1, 0.15) is 50.2 Å². The molecule has 0 bridgehead atoms. The summed E-state index contributed by atoms with van der Waals surface area (Å²) in [6, 6.07) is 8.27. The zero-order valence-corrected chi connectivity index (χ0v) is 12.5. The summed E-state index contributed by atoms with van der Waals surface area (Å²) in [7, 11) is 0. The molecule has 0 fully saturated rings. The Kier molecular flexibility index (Phi) is 5.33. The number of hydrogen-bond donors (Lipinski definition) is 0. The van der Waals surface area contributed by atoms with Crippen molar-refractivity contribution in [3.63, 3.8) is 0 Å². The number of hydrogen-bond acceptors (Lipinski definition) is 2. The lowest BCUT2D eigenvalue weighted by Gasteiger charge is -2.10. The molecule has 3 nitrogen and oxygen atoms in total. The van der Waals surface area contributed by atoms with Gasteiger partial charge in [-0.1, -0.05) is 55.0 Å². The van der Waals surface area contributed by atoms with Gasteiger partial charge in [-0.2, -0.15) is 0 Å². The zero-order valence-electron chi connectivity index (χ0n) is 12.5. The second-order valence-corrected chi connectivity index (χ2v) is 5.65. The van der Waals surface area contributed by atoms with Crippen molar-refractivity contribution in [3.8, 4) is 0 Å². The van der Waals surface area contributed by atoms with Crippen molar-refractivity contribution >= 4 is 12.1 Å². The molecular formula is C17H24N2O. The minimum Gasteiger partial charge on any atom is -0.857 e. The van der Waals surface area contributed by atoms with Gasteiger partial charge in [-0.3, -0.25) is 0 Å². The second-order valence-electron chi connectivity index (χ2n) is 5.65. The Morgan fingerprint density at radius 2 is 2.00 bits per heavy atom. The molecule has 0 saturated heterocycles. The Bertz CT molecular complexity index is 488. The third-order valence-electron chi connectivity index (χ3n) is 3.77. The topological polar surface area (TPSA) is 38.4 Å². The summed E-state index contributed by atoms with van der Waals surface area (Å²) in [5.74, 6) is 0.137. The van der Waals surface area contributed by atoms with Crippen molar-refractivity contribution in [1.82, 2.24) is 0 Å². The summed E-state index contributed by atoms with van der Waals surface area (Å²) in [6.07, 6.45) is 7.79. The molecule has 108 valence electrons. The van der Waals surface area contributed by atoms with E-state index in [4.69, 9.17) is 0 Å². The zero-order chi connectivity index (χ0) is 14.4. The molecule has 3 heteroatoms. The summed E-state index contributed by atoms with van der Waals surface area (Å²) in [4.78, 5) is 0. The third kappa shape index (κ3) is 4.19. The van der Waals surface area contributed by atoms with E-state index in [1.54, 1.807) is 4.68 Å². The molecule has 1 heterocycles. The standard InChI is InChI=1S/C17H24N2O/c1-3-4-5-6-7-16-13-19(18-17(16)20)12-15-10-8-14(2)9-11-15/h8-12,16H,3-7,13H2,1-2H3/b19-12-/t16-/m0/s1. The van der Waals surface area contributed by atoms with Crippen LogP contribution in [0, 0.1) is 12.8 Å². The first-order chi connectivity index (χ1) is 9.69. The summed E-state index contributed by atoms with van der Waals surface area (Å²) in [5.41, 5.74) is 2.34. The van der Waals surface area contributed by atoms with Gasteiger partial charge in [-0.15, -0.1) is 0 Å². The van der Waals surface area contributed by atoms with Crippen LogP contribution in [-0.4, -0.2) is 23.3 Å². The second kappa shape index (κ2) is 7.22. The highest BCUT2D eigenvalue weighted by Gasteiger charge is 2.24. The lowest BCUT2D eigenvalue weighted by Crippen LogP contribution is -2.25. The van der Waals surface area contributed by atoms with Gasteiger partial charge in [0, 0.05) is 11.5 Å². The lowest BCUT2D eigenvalue weighted by molar-refractivity contribution is -0.523. The van der Waals surface area contributed by atoms with E-state index < -0.39 is 0 Å². The molecule has 0 N–H and O–H groups in total. The molecule has 2 rings (SSSR count). The predicted molar refractivity (Wildman–Crippen MR) is 81.2 cm³/mol. The van der Waals surface area contributed by atoms with E-state index in [9.17, 15) is 5.11 Å².